The van der Waals surface area contributed by atoms with E-state index in [-0.39, 0.29) is 12.5 Å². The van der Waals surface area contributed by atoms with Gasteiger partial charge in [0.15, 0.2) is 0 Å². The summed E-state index contributed by atoms with van der Waals surface area (Å²) in [5.41, 5.74) is 5.93. The molecule has 8 heteroatoms. The summed E-state index contributed by atoms with van der Waals surface area (Å²) in [4.78, 5) is 34.4. The molecule has 27 heavy (non-hydrogen) atoms. The van der Waals surface area contributed by atoms with Crippen molar-refractivity contribution in [2.75, 3.05) is 18.5 Å². The predicted octanol–water partition coefficient (Wildman–Crippen LogP) is 2.46. The number of carbonyl (C=O) groups excluding carboxylic acids is 3. The number of ether oxygens (including phenoxy) is 1. The lowest BCUT2D eigenvalue weighted by atomic mass is 10.2. The first kappa shape index (κ1) is 20.4. The van der Waals surface area contributed by atoms with Crippen LogP contribution in [0.1, 0.15) is 23.2 Å². The Kier molecular flexibility index (Phi) is 7.81. The van der Waals surface area contributed by atoms with Crippen molar-refractivity contribution < 1.29 is 19.1 Å². The van der Waals surface area contributed by atoms with Crippen molar-refractivity contribution >= 4 is 39.3 Å². The summed E-state index contributed by atoms with van der Waals surface area (Å²) >= 11 is 3.37. The number of primary amides is 1. The number of amides is 3. The van der Waals surface area contributed by atoms with E-state index in [2.05, 4.69) is 26.6 Å². The van der Waals surface area contributed by atoms with E-state index >= 15 is 0 Å². The lowest BCUT2D eigenvalue weighted by molar-refractivity contribution is -0.117. The largest absolute Gasteiger partial charge is 0.494 e. The van der Waals surface area contributed by atoms with Crippen LogP contribution in [0.5, 0.6) is 5.75 Å². The number of halogens is 1. The molecule has 2 aromatic rings. The van der Waals surface area contributed by atoms with Gasteiger partial charge >= 0.3 is 0 Å². The number of hydrogen-bond donors (Lipinski definition) is 3. The molecule has 0 aliphatic heterocycles. The lowest BCUT2D eigenvalue weighted by Gasteiger charge is -2.08. The van der Waals surface area contributed by atoms with Gasteiger partial charge in [0, 0.05) is 22.1 Å². The lowest BCUT2D eigenvalue weighted by Crippen LogP contribution is -2.33. The number of nitrogens with one attached hydrogen (secondary N) is 2. The molecule has 0 saturated carbocycles. The molecule has 0 unspecified atom stereocenters. The molecule has 0 spiro atoms. The number of anilines is 1. The molecule has 3 amide bonds. The van der Waals surface area contributed by atoms with Gasteiger partial charge in [-0.05, 0) is 48.9 Å². The van der Waals surface area contributed by atoms with E-state index in [9.17, 15) is 14.4 Å². The minimum atomic E-state index is -0.615. The summed E-state index contributed by atoms with van der Waals surface area (Å²) in [5, 5.41) is 5.15. The van der Waals surface area contributed by atoms with Gasteiger partial charge in [0.25, 0.3) is 5.91 Å². The van der Waals surface area contributed by atoms with Crippen molar-refractivity contribution in [3.8, 4) is 5.75 Å². The van der Waals surface area contributed by atoms with Crippen LogP contribution in [0.2, 0.25) is 0 Å². The van der Waals surface area contributed by atoms with E-state index in [1.807, 2.05) is 24.3 Å². The molecule has 0 aliphatic carbocycles. The summed E-state index contributed by atoms with van der Waals surface area (Å²) in [6.45, 7) is 0.210. The molecular formula is C19H20BrN3O4. The Bertz CT molecular complexity index is 809. The third-order valence-electron chi connectivity index (χ3n) is 3.47. The monoisotopic (exact) mass is 433 g/mol. The Labute approximate surface area is 165 Å². The van der Waals surface area contributed by atoms with E-state index in [1.165, 1.54) is 0 Å². The molecule has 2 aromatic carbocycles. The first-order chi connectivity index (χ1) is 12.9. The highest BCUT2D eigenvalue weighted by atomic mass is 79.9. The van der Waals surface area contributed by atoms with Crippen LogP contribution in [0.3, 0.4) is 0 Å². The summed E-state index contributed by atoms with van der Waals surface area (Å²) < 4.78 is 6.52. The van der Waals surface area contributed by atoms with Crippen LogP contribution < -0.4 is 21.1 Å². The summed E-state index contributed by atoms with van der Waals surface area (Å²) in [6, 6.07) is 13.9. The summed E-state index contributed by atoms with van der Waals surface area (Å²) in [7, 11) is 0. The van der Waals surface area contributed by atoms with E-state index < -0.39 is 11.8 Å². The number of carbonyl (C=O) groups is 3. The van der Waals surface area contributed by atoms with Gasteiger partial charge < -0.3 is 21.1 Å². The first-order valence-corrected chi connectivity index (χ1v) is 9.08. The second-order valence-corrected chi connectivity index (χ2v) is 6.60. The second kappa shape index (κ2) is 10.3. The van der Waals surface area contributed by atoms with E-state index in [0.717, 1.165) is 10.2 Å². The van der Waals surface area contributed by atoms with Crippen molar-refractivity contribution in [1.29, 1.82) is 0 Å². The molecule has 2 rings (SSSR count). The highest BCUT2D eigenvalue weighted by Gasteiger charge is 2.07. The van der Waals surface area contributed by atoms with Crippen molar-refractivity contribution in [2.45, 2.75) is 12.8 Å². The Morgan fingerprint density at radius 1 is 1.07 bits per heavy atom. The van der Waals surface area contributed by atoms with Gasteiger partial charge in [-0.1, -0.05) is 22.0 Å². The fraction of sp³-hybridized carbons (Fsp3) is 0.211. The molecule has 0 aromatic heterocycles. The van der Waals surface area contributed by atoms with Gasteiger partial charge in [-0.2, -0.15) is 0 Å². The van der Waals surface area contributed by atoms with Gasteiger partial charge in [0.05, 0.1) is 13.2 Å². The molecule has 0 bridgehead atoms. The zero-order valence-corrected chi connectivity index (χ0v) is 16.1. The number of nitrogens with two attached hydrogens (primary N) is 1. The van der Waals surface area contributed by atoms with Crippen molar-refractivity contribution in [3.63, 3.8) is 0 Å². The fourth-order valence-corrected chi connectivity index (χ4v) is 2.56. The van der Waals surface area contributed by atoms with Crippen molar-refractivity contribution in [3.05, 3.63) is 58.6 Å². The normalized spacial score (nSPS) is 10.1. The van der Waals surface area contributed by atoms with Gasteiger partial charge in [-0.15, -0.1) is 0 Å². The van der Waals surface area contributed by atoms with Crippen molar-refractivity contribution in [1.82, 2.24) is 5.32 Å². The molecule has 4 N–H and O–H groups in total. The van der Waals surface area contributed by atoms with E-state index in [1.54, 1.807) is 24.3 Å². The van der Waals surface area contributed by atoms with Crippen molar-refractivity contribution in [2.24, 2.45) is 5.73 Å². The summed E-state index contributed by atoms with van der Waals surface area (Å²) in [6.07, 6.45) is 0.890. The van der Waals surface area contributed by atoms with Crippen LogP contribution in [0.4, 0.5) is 5.69 Å². The Balaban J connectivity index is 1.72. The minimum absolute atomic E-state index is 0.140. The predicted molar refractivity (Wildman–Crippen MR) is 105 cm³/mol. The third-order valence-corrected chi connectivity index (χ3v) is 3.96. The van der Waals surface area contributed by atoms with Gasteiger partial charge in [0.1, 0.15) is 5.75 Å². The first-order valence-electron chi connectivity index (χ1n) is 8.29. The Morgan fingerprint density at radius 3 is 2.48 bits per heavy atom. The smallest absolute Gasteiger partial charge is 0.251 e. The zero-order valence-electron chi connectivity index (χ0n) is 14.5. The Hall–Kier alpha value is -2.87. The molecule has 0 aliphatic rings. The average Bonchev–Trinajstić information content (AvgIpc) is 2.64. The summed E-state index contributed by atoms with van der Waals surface area (Å²) in [5.74, 6) is -0.416. The highest BCUT2D eigenvalue weighted by molar-refractivity contribution is 9.10. The molecule has 0 fully saturated rings. The van der Waals surface area contributed by atoms with E-state index in [4.69, 9.17) is 10.5 Å². The second-order valence-electron chi connectivity index (χ2n) is 5.68. The maximum atomic E-state index is 12.0. The van der Waals surface area contributed by atoms with Crippen LogP contribution in [0.25, 0.3) is 0 Å². The minimum Gasteiger partial charge on any atom is -0.494 e. The molecule has 142 valence electrons. The van der Waals surface area contributed by atoms with Crippen LogP contribution in [0, 0.1) is 0 Å². The van der Waals surface area contributed by atoms with Crippen LogP contribution >= 0.6 is 15.9 Å². The molecule has 0 heterocycles. The number of rotatable bonds is 9. The third kappa shape index (κ3) is 7.49. The SMILES string of the molecule is NC(=O)CNC(=O)c1ccc(NC(=O)CCCOc2cccc(Br)c2)cc1. The van der Waals surface area contributed by atoms with E-state index in [0.29, 0.717) is 30.7 Å². The highest BCUT2D eigenvalue weighted by Crippen LogP contribution is 2.18. The number of hydrogen-bond acceptors (Lipinski definition) is 4. The average molecular weight is 434 g/mol. The fourth-order valence-electron chi connectivity index (χ4n) is 2.18. The molecule has 7 nitrogen and oxygen atoms in total. The van der Waals surface area contributed by atoms with Crippen LogP contribution in [-0.4, -0.2) is 30.9 Å². The molecule has 0 saturated heterocycles. The van der Waals surface area contributed by atoms with Gasteiger partial charge in [-0.25, -0.2) is 0 Å². The van der Waals surface area contributed by atoms with Gasteiger partial charge in [-0.3, -0.25) is 14.4 Å². The quantitative estimate of drug-likeness (QED) is 0.527. The van der Waals surface area contributed by atoms with Crippen LogP contribution in [0.15, 0.2) is 53.0 Å². The standard InChI is InChI=1S/C19H20BrN3O4/c20-14-3-1-4-16(11-14)27-10-2-5-18(25)23-15-8-6-13(7-9-15)19(26)22-12-17(21)24/h1,3-4,6-9,11H,2,5,10,12H2,(H2,21,24)(H,22,26)(H,23,25). The Morgan fingerprint density at radius 2 is 1.81 bits per heavy atom. The molecule has 0 radical (unpaired) electrons. The maximum absolute atomic E-state index is 12.0. The van der Waals surface area contributed by atoms with Crippen LogP contribution in [-0.2, 0) is 9.59 Å². The maximum Gasteiger partial charge on any atom is 0.251 e. The molecule has 0 atom stereocenters. The number of benzene rings is 2. The van der Waals surface area contributed by atoms with Gasteiger partial charge in [0.2, 0.25) is 11.8 Å². The molecular weight excluding hydrogens is 414 g/mol. The topological polar surface area (TPSA) is 111 Å². The zero-order chi connectivity index (χ0) is 19.6.